The lowest BCUT2D eigenvalue weighted by Gasteiger charge is -2.01. The van der Waals surface area contributed by atoms with Crippen molar-refractivity contribution in [2.45, 2.75) is 0 Å². The quantitative estimate of drug-likeness (QED) is 0.683. The highest BCUT2D eigenvalue weighted by Crippen LogP contribution is 2.21. The maximum atomic E-state index is 11.3. The second kappa shape index (κ2) is 7.03. The first-order valence-corrected chi connectivity index (χ1v) is 5.79. The molecule has 0 saturated carbocycles. The van der Waals surface area contributed by atoms with Gasteiger partial charge in [0.1, 0.15) is 0 Å². The van der Waals surface area contributed by atoms with E-state index in [1.54, 1.807) is 18.2 Å². The van der Waals surface area contributed by atoms with Crippen LogP contribution in [0.2, 0.25) is 10.0 Å². The number of esters is 1. The van der Waals surface area contributed by atoms with Crippen molar-refractivity contribution in [1.82, 2.24) is 5.32 Å². The van der Waals surface area contributed by atoms with Gasteiger partial charge in [0.05, 0.1) is 0 Å². The van der Waals surface area contributed by atoms with Crippen molar-refractivity contribution < 1.29 is 14.3 Å². The van der Waals surface area contributed by atoms with Crippen LogP contribution in [0.15, 0.2) is 24.3 Å². The van der Waals surface area contributed by atoms with Gasteiger partial charge in [-0.3, -0.25) is 4.79 Å². The normalized spacial score (nSPS) is 10.4. The minimum atomic E-state index is -0.621. The van der Waals surface area contributed by atoms with E-state index in [1.165, 1.54) is 19.2 Å². The molecule has 1 amide bonds. The molecule has 0 aliphatic heterocycles. The molecule has 0 saturated heterocycles. The molecule has 18 heavy (non-hydrogen) atoms. The van der Waals surface area contributed by atoms with Gasteiger partial charge in [-0.15, -0.1) is 0 Å². The molecular weight excluding hydrogens is 277 g/mol. The van der Waals surface area contributed by atoms with E-state index in [1.807, 2.05) is 0 Å². The summed E-state index contributed by atoms with van der Waals surface area (Å²) in [6.07, 6.45) is 2.68. The summed E-state index contributed by atoms with van der Waals surface area (Å²) in [5.74, 6) is -0.995. The Hall–Kier alpha value is -1.52. The minimum absolute atomic E-state index is 0.311. The number of likely N-dealkylation sites (N-methyl/N-ethyl adjacent to an activating group) is 1. The van der Waals surface area contributed by atoms with E-state index in [4.69, 9.17) is 23.2 Å². The number of carbonyl (C=O) groups is 2. The molecule has 0 unspecified atom stereocenters. The van der Waals surface area contributed by atoms with Crippen LogP contribution in [0.3, 0.4) is 0 Å². The van der Waals surface area contributed by atoms with Crippen LogP contribution in [0.25, 0.3) is 6.08 Å². The van der Waals surface area contributed by atoms with Crippen LogP contribution in [-0.2, 0) is 14.3 Å². The zero-order valence-electron chi connectivity index (χ0n) is 9.57. The Morgan fingerprint density at radius 3 is 2.72 bits per heavy atom. The summed E-state index contributed by atoms with van der Waals surface area (Å²) in [6, 6.07) is 4.90. The lowest BCUT2D eigenvalue weighted by Crippen LogP contribution is -2.24. The molecule has 0 bridgehead atoms. The molecule has 1 rings (SSSR count). The van der Waals surface area contributed by atoms with Gasteiger partial charge in [-0.05, 0) is 23.8 Å². The summed E-state index contributed by atoms with van der Waals surface area (Å²) < 4.78 is 4.67. The summed E-state index contributed by atoms with van der Waals surface area (Å²) in [7, 11) is 1.46. The lowest BCUT2D eigenvalue weighted by atomic mass is 10.2. The Bertz CT molecular complexity index is 486. The number of amides is 1. The summed E-state index contributed by atoms with van der Waals surface area (Å²) in [5.41, 5.74) is 0.637. The highest BCUT2D eigenvalue weighted by Gasteiger charge is 2.03. The molecule has 0 aliphatic rings. The zero-order chi connectivity index (χ0) is 13.5. The predicted molar refractivity (Wildman–Crippen MR) is 70.5 cm³/mol. The predicted octanol–water partition coefficient (Wildman–Crippen LogP) is 2.30. The Morgan fingerprint density at radius 1 is 1.39 bits per heavy atom. The number of hydrogen-bond donors (Lipinski definition) is 1. The van der Waals surface area contributed by atoms with Gasteiger partial charge in [-0.25, -0.2) is 4.79 Å². The van der Waals surface area contributed by atoms with Crippen molar-refractivity contribution >= 4 is 41.2 Å². The van der Waals surface area contributed by atoms with Crippen LogP contribution in [0.5, 0.6) is 0 Å². The monoisotopic (exact) mass is 287 g/mol. The van der Waals surface area contributed by atoms with Crippen molar-refractivity contribution in [1.29, 1.82) is 0 Å². The van der Waals surface area contributed by atoms with Crippen LogP contribution >= 0.6 is 23.2 Å². The molecule has 1 N–H and O–H groups in total. The van der Waals surface area contributed by atoms with E-state index in [2.05, 4.69) is 10.1 Å². The standard InChI is InChI=1S/C12H11Cl2NO3/c1-15-11(16)7-18-12(17)5-3-8-2-4-9(13)6-10(8)14/h2-6H,7H2,1H3,(H,15,16). The highest BCUT2D eigenvalue weighted by molar-refractivity contribution is 6.35. The third-order valence-corrected chi connectivity index (χ3v) is 2.55. The van der Waals surface area contributed by atoms with Gasteiger partial charge in [0.2, 0.25) is 0 Å². The average molecular weight is 288 g/mol. The molecule has 0 aliphatic carbocycles. The maximum Gasteiger partial charge on any atom is 0.331 e. The van der Waals surface area contributed by atoms with Gasteiger partial charge in [-0.1, -0.05) is 29.3 Å². The molecule has 0 aromatic heterocycles. The number of ether oxygens (including phenoxy) is 1. The summed E-state index contributed by atoms with van der Waals surface area (Å²) in [4.78, 5) is 22.1. The van der Waals surface area contributed by atoms with Gasteiger partial charge >= 0.3 is 5.97 Å². The highest BCUT2D eigenvalue weighted by atomic mass is 35.5. The molecular formula is C12H11Cl2NO3. The van der Waals surface area contributed by atoms with Crippen LogP contribution in [0.1, 0.15) is 5.56 Å². The van der Waals surface area contributed by atoms with Crippen LogP contribution in [0.4, 0.5) is 0 Å². The van der Waals surface area contributed by atoms with Crippen molar-refractivity contribution in [3.05, 3.63) is 39.9 Å². The van der Waals surface area contributed by atoms with Crippen molar-refractivity contribution in [2.75, 3.05) is 13.7 Å². The average Bonchev–Trinajstić information content (AvgIpc) is 2.34. The summed E-state index contributed by atoms with van der Waals surface area (Å²) in [5, 5.41) is 3.28. The number of benzene rings is 1. The lowest BCUT2D eigenvalue weighted by molar-refractivity contribution is -0.143. The topological polar surface area (TPSA) is 55.4 Å². The van der Waals surface area contributed by atoms with E-state index >= 15 is 0 Å². The molecule has 96 valence electrons. The van der Waals surface area contributed by atoms with E-state index in [0.29, 0.717) is 15.6 Å². The molecule has 0 fully saturated rings. The van der Waals surface area contributed by atoms with E-state index in [0.717, 1.165) is 0 Å². The molecule has 0 atom stereocenters. The van der Waals surface area contributed by atoms with Crippen molar-refractivity contribution in [3.8, 4) is 0 Å². The first-order chi connectivity index (χ1) is 8.52. The number of carbonyl (C=O) groups excluding carboxylic acids is 2. The number of nitrogens with one attached hydrogen (secondary N) is 1. The van der Waals surface area contributed by atoms with Gasteiger partial charge in [0.15, 0.2) is 6.61 Å². The number of rotatable bonds is 4. The van der Waals surface area contributed by atoms with Gasteiger partial charge < -0.3 is 10.1 Å². The van der Waals surface area contributed by atoms with E-state index in [-0.39, 0.29) is 12.5 Å². The first kappa shape index (κ1) is 14.5. The third kappa shape index (κ3) is 4.77. The fourth-order valence-electron chi connectivity index (χ4n) is 1.05. The zero-order valence-corrected chi connectivity index (χ0v) is 11.1. The van der Waals surface area contributed by atoms with Gasteiger partial charge in [0, 0.05) is 23.2 Å². The number of hydrogen-bond acceptors (Lipinski definition) is 3. The fraction of sp³-hybridized carbons (Fsp3) is 0.167. The smallest absolute Gasteiger partial charge is 0.331 e. The minimum Gasteiger partial charge on any atom is -0.452 e. The molecule has 6 heteroatoms. The van der Waals surface area contributed by atoms with Crippen LogP contribution in [0, 0.1) is 0 Å². The molecule has 0 spiro atoms. The summed E-state index contributed by atoms with van der Waals surface area (Å²) >= 11 is 11.6. The molecule has 1 aromatic carbocycles. The molecule has 0 radical (unpaired) electrons. The Labute approximate surface area is 115 Å². The van der Waals surface area contributed by atoms with Gasteiger partial charge in [-0.2, -0.15) is 0 Å². The Kier molecular flexibility index (Phi) is 5.68. The van der Waals surface area contributed by atoms with Gasteiger partial charge in [0.25, 0.3) is 5.91 Å². The third-order valence-electron chi connectivity index (χ3n) is 1.99. The first-order valence-electron chi connectivity index (χ1n) is 5.03. The van der Waals surface area contributed by atoms with E-state index < -0.39 is 5.97 Å². The second-order valence-electron chi connectivity index (χ2n) is 3.28. The molecule has 4 nitrogen and oxygen atoms in total. The SMILES string of the molecule is CNC(=O)COC(=O)C=Cc1ccc(Cl)cc1Cl. The largest absolute Gasteiger partial charge is 0.452 e. The second-order valence-corrected chi connectivity index (χ2v) is 4.12. The number of halogens is 2. The van der Waals surface area contributed by atoms with Crippen LogP contribution in [-0.4, -0.2) is 25.5 Å². The summed E-state index contributed by atoms with van der Waals surface area (Å²) in [6.45, 7) is -0.311. The fourth-order valence-corrected chi connectivity index (χ4v) is 1.52. The van der Waals surface area contributed by atoms with Crippen LogP contribution < -0.4 is 5.32 Å². The van der Waals surface area contributed by atoms with Crippen molar-refractivity contribution in [3.63, 3.8) is 0 Å². The maximum absolute atomic E-state index is 11.3. The Balaban J connectivity index is 2.58. The molecule has 1 aromatic rings. The van der Waals surface area contributed by atoms with E-state index in [9.17, 15) is 9.59 Å². The van der Waals surface area contributed by atoms with Crippen molar-refractivity contribution in [2.24, 2.45) is 0 Å². The Morgan fingerprint density at radius 2 is 2.11 bits per heavy atom. The molecule has 0 heterocycles.